The highest BCUT2D eigenvalue weighted by Gasteiger charge is 2.32. The van der Waals surface area contributed by atoms with E-state index in [0.29, 0.717) is 6.54 Å². The summed E-state index contributed by atoms with van der Waals surface area (Å²) in [5.74, 6) is 1.89. The lowest BCUT2D eigenvalue weighted by atomic mass is 10.2. The summed E-state index contributed by atoms with van der Waals surface area (Å²) in [4.78, 5) is 27.1. The molecule has 0 saturated carbocycles. The second-order valence-corrected chi connectivity index (χ2v) is 6.43. The molecule has 1 amide bonds. The second-order valence-electron chi connectivity index (χ2n) is 6.43. The molecular weight excluding hydrogens is 302 g/mol. The highest BCUT2D eigenvalue weighted by molar-refractivity contribution is 5.81. The number of aryl methyl sites for hydroxylation is 2. The summed E-state index contributed by atoms with van der Waals surface area (Å²) in [5.41, 5.74) is 2.97. The first-order valence-electron chi connectivity index (χ1n) is 8.36. The maximum atomic E-state index is 12.9. The molecule has 0 radical (unpaired) electrons. The van der Waals surface area contributed by atoms with Crippen molar-refractivity contribution >= 4 is 16.9 Å². The van der Waals surface area contributed by atoms with E-state index in [2.05, 4.69) is 15.0 Å². The lowest BCUT2D eigenvalue weighted by Gasteiger charge is -2.24. The topological polar surface area (TPSA) is 66.8 Å². The molecule has 6 nitrogen and oxygen atoms in total. The summed E-state index contributed by atoms with van der Waals surface area (Å²) in [6, 6.07) is 8.00. The minimum Gasteiger partial charge on any atom is -0.344 e. The van der Waals surface area contributed by atoms with E-state index in [-0.39, 0.29) is 11.9 Å². The third-order valence-corrected chi connectivity index (χ3v) is 4.75. The van der Waals surface area contributed by atoms with Crippen molar-refractivity contribution in [2.24, 2.45) is 0 Å². The van der Waals surface area contributed by atoms with Gasteiger partial charge in [-0.1, -0.05) is 12.1 Å². The van der Waals surface area contributed by atoms with Crippen molar-refractivity contribution in [1.29, 1.82) is 0 Å². The maximum Gasteiger partial charge on any atom is 0.243 e. The van der Waals surface area contributed by atoms with E-state index in [4.69, 9.17) is 0 Å². The van der Waals surface area contributed by atoms with Crippen LogP contribution in [0.5, 0.6) is 0 Å². The Morgan fingerprint density at radius 1 is 1.33 bits per heavy atom. The molecule has 1 atom stereocenters. The number of imidazole rings is 2. The molecule has 3 heterocycles. The number of rotatable bonds is 3. The number of H-pyrrole nitrogens is 1. The Labute approximate surface area is 140 Å². The highest BCUT2D eigenvalue weighted by atomic mass is 16.2. The van der Waals surface area contributed by atoms with Crippen LogP contribution in [0.3, 0.4) is 0 Å². The molecular formula is C18H21N5O. The van der Waals surface area contributed by atoms with E-state index in [1.807, 2.05) is 53.8 Å². The predicted molar refractivity (Wildman–Crippen MR) is 91.5 cm³/mol. The minimum atomic E-state index is 0.0568. The second kappa shape index (κ2) is 5.78. The number of carbonyl (C=O) groups is 1. The van der Waals surface area contributed by atoms with Gasteiger partial charge in [-0.15, -0.1) is 0 Å². The fourth-order valence-corrected chi connectivity index (χ4v) is 3.57. The number of aromatic amines is 1. The van der Waals surface area contributed by atoms with Crippen LogP contribution < -0.4 is 0 Å². The number of carbonyl (C=O) groups excluding carboxylic acids is 1. The summed E-state index contributed by atoms with van der Waals surface area (Å²) < 4.78 is 2.00. The first-order valence-corrected chi connectivity index (χ1v) is 8.36. The number of fused-ring (bicyclic) bond motifs is 1. The van der Waals surface area contributed by atoms with Gasteiger partial charge in [0.25, 0.3) is 0 Å². The molecule has 6 heteroatoms. The summed E-state index contributed by atoms with van der Waals surface area (Å²) >= 11 is 0. The van der Waals surface area contributed by atoms with Gasteiger partial charge >= 0.3 is 0 Å². The highest BCUT2D eigenvalue weighted by Crippen LogP contribution is 2.30. The molecule has 0 bridgehead atoms. The van der Waals surface area contributed by atoms with Gasteiger partial charge in [0.05, 0.1) is 17.1 Å². The van der Waals surface area contributed by atoms with E-state index < -0.39 is 0 Å². The van der Waals surface area contributed by atoms with Crippen LogP contribution >= 0.6 is 0 Å². The Bertz CT molecular complexity index is 894. The molecule has 1 aliphatic heterocycles. The number of para-hydroxylation sites is 2. The van der Waals surface area contributed by atoms with E-state index in [1.54, 1.807) is 0 Å². The molecule has 4 rings (SSSR count). The Morgan fingerprint density at radius 3 is 2.96 bits per heavy atom. The van der Waals surface area contributed by atoms with Crippen LogP contribution in [0.4, 0.5) is 0 Å². The monoisotopic (exact) mass is 323 g/mol. The molecule has 1 fully saturated rings. The van der Waals surface area contributed by atoms with Crippen LogP contribution in [-0.2, 0) is 11.3 Å². The van der Waals surface area contributed by atoms with Crippen molar-refractivity contribution in [2.75, 3.05) is 6.54 Å². The summed E-state index contributed by atoms with van der Waals surface area (Å²) in [6.07, 6.45) is 3.80. The third kappa shape index (κ3) is 2.48. The number of amides is 1. The zero-order valence-electron chi connectivity index (χ0n) is 14.0. The summed E-state index contributed by atoms with van der Waals surface area (Å²) in [7, 11) is 0. The number of hydrogen-bond acceptors (Lipinski definition) is 3. The Balaban J connectivity index is 1.60. The van der Waals surface area contributed by atoms with Gasteiger partial charge in [-0.05, 0) is 38.8 Å². The fourth-order valence-electron chi connectivity index (χ4n) is 3.57. The molecule has 3 aromatic rings. The summed E-state index contributed by atoms with van der Waals surface area (Å²) in [5, 5.41) is 0. The van der Waals surface area contributed by atoms with Crippen LogP contribution in [0.15, 0.2) is 30.5 Å². The molecule has 24 heavy (non-hydrogen) atoms. The minimum absolute atomic E-state index is 0.0568. The van der Waals surface area contributed by atoms with Crippen LogP contribution in [-0.4, -0.2) is 36.9 Å². The lowest BCUT2D eigenvalue weighted by molar-refractivity contribution is -0.132. The average Bonchev–Trinajstić information content (AvgIpc) is 3.27. The lowest BCUT2D eigenvalue weighted by Crippen LogP contribution is -2.34. The molecule has 1 saturated heterocycles. The number of likely N-dealkylation sites (tertiary alicyclic amines) is 1. The molecule has 1 aromatic carbocycles. The normalized spacial score (nSPS) is 17.8. The molecule has 1 aliphatic rings. The van der Waals surface area contributed by atoms with E-state index in [1.165, 1.54) is 0 Å². The van der Waals surface area contributed by atoms with Gasteiger partial charge in [-0.3, -0.25) is 4.79 Å². The first-order chi connectivity index (χ1) is 11.6. The first kappa shape index (κ1) is 14.9. The van der Waals surface area contributed by atoms with Gasteiger partial charge in [0, 0.05) is 18.4 Å². The Kier molecular flexibility index (Phi) is 3.59. The number of nitrogens with one attached hydrogen (secondary N) is 1. The molecule has 2 aromatic heterocycles. The molecule has 0 aliphatic carbocycles. The van der Waals surface area contributed by atoms with Crippen molar-refractivity contribution in [3.05, 3.63) is 47.8 Å². The molecule has 1 unspecified atom stereocenters. The van der Waals surface area contributed by atoms with Gasteiger partial charge in [0.1, 0.15) is 18.2 Å². The smallest absolute Gasteiger partial charge is 0.243 e. The van der Waals surface area contributed by atoms with Crippen LogP contribution in [0.25, 0.3) is 11.0 Å². The van der Waals surface area contributed by atoms with Crippen molar-refractivity contribution in [2.45, 2.75) is 39.3 Å². The Morgan fingerprint density at radius 2 is 2.17 bits per heavy atom. The van der Waals surface area contributed by atoms with Crippen molar-refractivity contribution < 1.29 is 4.79 Å². The molecule has 124 valence electrons. The van der Waals surface area contributed by atoms with Crippen molar-refractivity contribution in [1.82, 2.24) is 24.4 Å². The third-order valence-electron chi connectivity index (χ3n) is 4.75. The fraction of sp³-hybridized carbons (Fsp3) is 0.389. The van der Waals surface area contributed by atoms with E-state index in [9.17, 15) is 4.79 Å². The van der Waals surface area contributed by atoms with Gasteiger partial charge in [0.15, 0.2) is 0 Å². The van der Waals surface area contributed by atoms with E-state index >= 15 is 0 Å². The Hall–Kier alpha value is -2.63. The average molecular weight is 323 g/mol. The number of benzene rings is 1. The van der Waals surface area contributed by atoms with Crippen LogP contribution in [0.2, 0.25) is 0 Å². The number of hydrogen-bond donors (Lipinski definition) is 1. The number of aromatic nitrogens is 4. The van der Waals surface area contributed by atoms with Gasteiger partial charge in [0.2, 0.25) is 5.91 Å². The zero-order chi connectivity index (χ0) is 16.7. The van der Waals surface area contributed by atoms with Crippen molar-refractivity contribution in [3.63, 3.8) is 0 Å². The van der Waals surface area contributed by atoms with Crippen molar-refractivity contribution in [3.8, 4) is 0 Å². The predicted octanol–water partition coefficient (Wildman–Crippen LogP) is 2.74. The summed E-state index contributed by atoms with van der Waals surface area (Å²) in [6.45, 7) is 5.04. The SMILES string of the molecule is Cc1cnc(C2CCCN2C(=O)Cn2c(C)nc3ccccc32)[nH]1. The quantitative estimate of drug-likeness (QED) is 0.806. The molecule has 0 spiro atoms. The number of nitrogens with zero attached hydrogens (tertiary/aromatic N) is 4. The van der Waals surface area contributed by atoms with Gasteiger partial charge < -0.3 is 14.5 Å². The standard InChI is InChI=1S/C18H21N5O/c1-12-10-19-18(20-12)16-8-5-9-22(16)17(24)11-23-13(2)21-14-6-3-4-7-15(14)23/h3-4,6-7,10,16H,5,8-9,11H2,1-2H3,(H,19,20). The van der Waals surface area contributed by atoms with Crippen LogP contribution in [0.1, 0.15) is 36.2 Å². The zero-order valence-corrected chi connectivity index (χ0v) is 14.0. The molecule has 1 N–H and O–H groups in total. The maximum absolute atomic E-state index is 12.9. The van der Waals surface area contributed by atoms with Crippen LogP contribution in [0, 0.1) is 13.8 Å². The van der Waals surface area contributed by atoms with Gasteiger partial charge in [-0.25, -0.2) is 9.97 Å². The largest absolute Gasteiger partial charge is 0.344 e. The van der Waals surface area contributed by atoms with E-state index in [0.717, 1.165) is 47.8 Å². The van der Waals surface area contributed by atoms with Gasteiger partial charge in [-0.2, -0.15) is 0 Å².